The molecule has 3 nitrogen and oxygen atoms in total. The molecule has 0 aliphatic carbocycles. The Morgan fingerprint density at radius 2 is 1.58 bits per heavy atom. The summed E-state index contributed by atoms with van der Waals surface area (Å²) in [6.07, 6.45) is 0. The van der Waals surface area contributed by atoms with Gasteiger partial charge < -0.3 is 14.7 Å². The molecule has 0 amide bonds. The molecule has 3 aromatic rings. The van der Waals surface area contributed by atoms with Crippen molar-refractivity contribution in [2.24, 2.45) is 0 Å². The van der Waals surface area contributed by atoms with E-state index in [1.54, 1.807) is 0 Å². The average molecular weight is 315 g/mol. The number of hydrogen-bond acceptors (Lipinski definition) is 3. The zero-order valence-electron chi connectivity index (χ0n) is 14.3. The normalized spacial score (nSPS) is 15.2. The fourth-order valence-corrected chi connectivity index (χ4v) is 4.17. The maximum atomic E-state index is 2.48. The Bertz CT molecular complexity index is 960. The molecule has 5 rings (SSSR count). The monoisotopic (exact) mass is 315 g/mol. The summed E-state index contributed by atoms with van der Waals surface area (Å²) >= 11 is 0. The first kappa shape index (κ1) is 13.7. The Morgan fingerprint density at radius 3 is 2.42 bits per heavy atom. The minimum atomic E-state index is 0.483. The second-order valence-corrected chi connectivity index (χ2v) is 6.99. The molecule has 0 unspecified atom stereocenters. The molecule has 2 aliphatic heterocycles. The highest BCUT2D eigenvalue weighted by Gasteiger charge is 2.37. The number of hydrogen-bond donors (Lipinski definition) is 0. The van der Waals surface area contributed by atoms with Crippen molar-refractivity contribution in [3.05, 3.63) is 54.6 Å². The van der Waals surface area contributed by atoms with Crippen molar-refractivity contribution in [3.63, 3.8) is 0 Å². The van der Waals surface area contributed by atoms with Gasteiger partial charge in [-0.3, -0.25) is 0 Å². The van der Waals surface area contributed by atoms with Gasteiger partial charge in [0.25, 0.3) is 0 Å². The van der Waals surface area contributed by atoms with Gasteiger partial charge in [-0.25, -0.2) is 0 Å². The molecule has 0 N–H and O–H groups in total. The quantitative estimate of drug-likeness (QED) is 0.607. The van der Waals surface area contributed by atoms with Crippen LogP contribution >= 0.6 is 0 Å². The molecular formula is C21H21N3. The lowest BCUT2D eigenvalue weighted by Gasteiger charge is -2.36. The highest BCUT2D eigenvalue weighted by atomic mass is 15.4. The number of para-hydroxylation sites is 1. The highest BCUT2D eigenvalue weighted by Crippen LogP contribution is 2.56. The van der Waals surface area contributed by atoms with Gasteiger partial charge in [0.05, 0.1) is 35.1 Å². The molecule has 0 radical (unpaired) electrons. The van der Waals surface area contributed by atoms with Gasteiger partial charge in [0, 0.05) is 18.5 Å². The Hall–Kier alpha value is -2.68. The number of rotatable bonds is 1. The Labute approximate surface area is 142 Å². The van der Waals surface area contributed by atoms with Crippen LogP contribution in [0, 0.1) is 0 Å². The molecule has 2 heterocycles. The molecule has 0 aromatic heterocycles. The molecule has 0 saturated heterocycles. The van der Waals surface area contributed by atoms with Gasteiger partial charge in [-0.2, -0.15) is 0 Å². The molecule has 3 heteroatoms. The Balaban J connectivity index is 1.82. The summed E-state index contributed by atoms with van der Waals surface area (Å²) in [6.45, 7) is 5.45. The zero-order chi connectivity index (χ0) is 16.4. The zero-order valence-corrected chi connectivity index (χ0v) is 14.3. The maximum absolute atomic E-state index is 2.48. The first-order chi connectivity index (χ1) is 11.7. The summed E-state index contributed by atoms with van der Waals surface area (Å²) < 4.78 is 0. The van der Waals surface area contributed by atoms with Crippen LogP contribution in [0.3, 0.4) is 0 Å². The lowest BCUT2D eigenvalue weighted by atomic mass is 10.0. The largest absolute Gasteiger partial charge is 0.349 e. The molecular weight excluding hydrogens is 294 g/mol. The summed E-state index contributed by atoms with van der Waals surface area (Å²) in [5.41, 5.74) is 6.59. The summed E-state index contributed by atoms with van der Waals surface area (Å²) in [5, 5.41) is 2.61. The molecule has 0 spiro atoms. The molecule has 0 saturated carbocycles. The fourth-order valence-electron chi connectivity index (χ4n) is 4.17. The summed E-state index contributed by atoms with van der Waals surface area (Å²) in [7, 11) is 2.19. The van der Waals surface area contributed by atoms with Crippen molar-refractivity contribution in [1.29, 1.82) is 0 Å². The summed E-state index contributed by atoms with van der Waals surface area (Å²) in [4.78, 5) is 7.32. The van der Waals surface area contributed by atoms with E-state index in [1.807, 2.05) is 0 Å². The number of anilines is 5. The van der Waals surface area contributed by atoms with Crippen LogP contribution < -0.4 is 14.7 Å². The van der Waals surface area contributed by atoms with Crippen LogP contribution in [0.1, 0.15) is 13.8 Å². The van der Waals surface area contributed by atoms with Crippen LogP contribution in [0.25, 0.3) is 10.8 Å². The predicted molar refractivity (Wildman–Crippen MR) is 103 cm³/mol. The number of fused-ring (bicyclic) bond motifs is 4. The second kappa shape index (κ2) is 4.67. The van der Waals surface area contributed by atoms with Gasteiger partial charge in [0.1, 0.15) is 0 Å². The first-order valence-electron chi connectivity index (χ1n) is 8.59. The molecule has 24 heavy (non-hydrogen) atoms. The molecule has 120 valence electrons. The fraction of sp³-hybridized carbons (Fsp3) is 0.238. The van der Waals surface area contributed by atoms with Crippen molar-refractivity contribution in [3.8, 4) is 0 Å². The van der Waals surface area contributed by atoms with Gasteiger partial charge in [-0.1, -0.05) is 36.4 Å². The summed E-state index contributed by atoms with van der Waals surface area (Å²) in [5.74, 6) is 0. The smallest absolute Gasteiger partial charge is 0.0957 e. The van der Waals surface area contributed by atoms with Gasteiger partial charge in [-0.15, -0.1) is 0 Å². The van der Waals surface area contributed by atoms with E-state index in [9.17, 15) is 0 Å². The van der Waals surface area contributed by atoms with Crippen LogP contribution in [-0.4, -0.2) is 19.8 Å². The average Bonchev–Trinajstić information content (AvgIpc) is 3.00. The number of nitrogens with zero attached hydrogens (tertiary/aromatic N) is 3. The van der Waals surface area contributed by atoms with Crippen molar-refractivity contribution >= 4 is 39.2 Å². The van der Waals surface area contributed by atoms with Gasteiger partial charge in [0.15, 0.2) is 0 Å². The van der Waals surface area contributed by atoms with E-state index in [4.69, 9.17) is 0 Å². The topological polar surface area (TPSA) is 9.72 Å². The van der Waals surface area contributed by atoms with E-state index in [-0.39, 0.29) is 0 Å². The van der Waals surface area contributed by atoms with Crippen LogP contribution in [0.15, 0.2) is 54.6 Å². The van der Waals surface area contributed by atoms with Crippen LogP contribution in [0.2, 0.25) is 0 Å². The van der Waals surface area contributed by atoms with E-state index >= 15 is 0 Å². The van der Waals surface area contributed by atoms with Crippen LogP contribution in [0.5, 0.6) is 0 Å². The van der Waals surface area contributed by atoms with Gasteiger partial charge in [0.2, 0.25) is 0 Å². The Kier molecular flexibility index (Phi) is 2.67. The molecule has 3 aromatic carbocycles. The minimum absolute atomic E-state index is 0.483. The van der Waals surface area contributed by atoms with E-state index in [1.165, 1.54) is 39.2 Å². The van der Waals surface area contributed by atoms with Crippen molar-refractivity contribution < 1.29 is 0 Å². The predicted octanol–water partition coefficient (Wildman–Crippen LogP) is 5.25. The third-order valence-electron chi connectivity index (χ3n) is 5.36. The van der Waals surface area contributed by atoms with Crippen LogP contribution in [0.4, 0.5) is 28.4 Å². The second-order valence-electron chi connectivity index (χ2n) is 6.99. The van der Waals surface area contributed by atoms with E-state index in [0.717, 1.165) is 6.67 Å². The standard InChI is InChI=1S/C21H21N3/c1-14(2)23-13-24-19-12-11-15-7-4-5-8-16(15)20(19)22(3)17-9-6-10-18(23)21(17)24/h4-12,14H,13H2,1-3H3. The van der Waals surface area contributed by atoms with Gasteiger partial charge >= 0.3 is 0 Å². The Morgan fingerprint density at radius 1 is 0.792 bits per heavy atom. The minimum Gasteiger partial charge on any atom is -0.349 e. The SMILES string of the molecule is CC(C)N1CN2c3ccc4ccccc4c3N(C)c3cccc1c32. The molecule has 0 fully saturated rings. The van der Waals surface area contributed by atoms with Crippen molar-refractivity contribution in [2.75, 3.05) is 28.4 Å². The lowest BCUT2D eigenvalue weighted by Crippen LogP contribution is -2.34. The molecule has 0 bridgehead atoms. The molecule has 0 atom stereocenters. The van der Waals surface area contributed by atoms with Crippen molar-refractivity contribution in [1.82, 2.24) is 0 Å². The highest BCUT2D eigenvalue weighted by molar-refractivity contribution is 6.10. The van der Waals surface area contributed by atoms with E-state index < -0.39 is 0 Å². The summed E-state index contributed by atoms with van der Waals surface area (Å²) in [6, 6.07) is 20.3. The molecule has 2 aliphatic rings. The first-order valence-corrected chi connectivity index (χ1v) is 8.59. The van der Waals surface area contributed by atoms with E-state index in [0.29, 0.717) is 6.04 Å². The third-order valence-corrected chi connectivity index (χ3v) is 5.36. The lowest BCUT2D eigenvalue weighted by molar-refractivity contribution is 0.709. The van der Waals surface area contributed by atoms with Gasteiger partial charge in [-0.05, 0) is 37.4 Å². The maximum Gasteiger partial charge on any atom is 0.0957 e. The number of benzene rings is 3. The third kappa shape index (κ3) is 1.62. The van der Waals surface area contributed by atoms with Crippen molar-refractivity contribution in [2.45, 2.75) is 19.9 Å². The van der Waals surface area contributed by atoms with Crippen LogP contribution in [-0.2, 0) is 0 Å². The van der Waals surface area contributed by atoms with E-state index in [2.05, 4.69) is 90.2 Å².